The molecule has 1 aliphatic rings. The molecule has 0 spiro atoms. The Morgan fingerprint density at radius 2 is 1.87 bits per heavy atom. The summed E-state index contributed by atoms with van der Waals surface area (Å²) < 4.78 is 24.6. The van der Waals surface area contributed by atoms with Crippen LogP contribution in [0.4, 0.5) is 8.78 Å². The molecule has 1 aromatic rings. The van der Waals surface area contributed by atoms with E-state index in [1.165, 1.54) is 17.7 Å². The Morgan fingerprint density at radius 1 is 1.27 bits per heavy atom. The van der Waals surface area contributed by atoms with Gasteiger partial charge in [-0.2, -0.15) is 0 Å². The highest BCUT2D eigenvalue weighted by Crippen LogP contribution is 2.28. The molecule has 0 N–H and O–H groups in total. The van der Waals surface area contributed by atoms with Crippen molar-refractivity contribution in [1.29, 1.82) is 0 Å². The van der Waals surface area contributed by atoms with Gasteiger partial charge in [0.05, 0.1) is 0 Å². The van der Waals surface area contributed by atoms with Crippen molar-refractivity contribution in [2.24, 2.45) is 0 Å². The van der Waals surface area contributed by atoms with Crippen LogP contribution in [-0.2, 0) is 0 Å². The fourth-order valence-electron chi connectivity index (χ4n) is 1.95. The second kappa shape index (κ2) is 4.27. The topological polar surface area (TPSA) is 3.24 Å². The first-order valence-corrected chi connectivity index (χ1v) is 5.31. The smallest absolute Gasteiger partial charge is 0.263 e. The molecule has 1 heterocycles. The molecule has 82 valence electrons. The molecule has 2 rings (SSSR count). The Morgan fingerprint density at radius 3 is 2.33 bits per heavy atom. The third-order valence-electron chi connectivity index (χ3n) is 3.06. The maximum Gasteiger partial charge on any atom is 0.263 e. The van der Waals surface area contributed by atoms with Crippen LogP contribution >= 0.6 is 0 Å². The quantitative estimate of drug-likeness (QED) is 0.742. The number of hydrogen-bond acceptors (Lipinski definition) is 1. The molecule has 1 aromatic carbocycles. The van der Waals surface area contributed by atoms with Crippen molar-refractivity contribution in [3.8, 4) is 0 Å². The normalized spacial score (nSPS) is 18.1. The van der Waals surface area contributed by atoms with E-state index < -0.39 is 6.43 Å². The third-order valence-corrected chi connectivity index (χ3v) is 3.06. The third kappa shape index (κ3) is 2.17. The Hall–Kier alpha value is -0.960. The van der Waals surface area contributed by atoms with Gasteiger partial charge in [0.15, 0.2) is 0 Å². The Balaban J connectivity index is 1.99. The van der Waals surface area contributed by atoms with Gasteiger partial charge < -0.3 is 4.90 Å². The van der Waals surface area contributed by atoms with Crippen LogP contribution in [0, 0.1) is 0 Å². The van der Waals surface area contributed by atoms with Crippen molar-refractivity contribution in [2.45, 2.75) is 19.3 Å². The minimum absolute atomic E-state index is 0.116. The zero-order valence-corrected chi connectivity index (χ0v) is 8.79. The van der Waals surface area contributed by atoms with E-state index in [0.717, 1.165) is 19.6 Å². The van der Waals surface area contributed by atoms with E-state index in [0.29, 0.717) is 5.92 Å². The number of halogens is 2. The first-order valence-electron chi connectivity index (χ1n) is 5.31. The van der Waals surface area contributed by atoms with E-state index in [-0.39, 0.29) is 5.56 Å². The van der Waals surface area contributed by atoms with Crippen molar-refractivity contribution in [3.63, 3.8) is 0 Å². The molecule has 1 saturated heterocycles. The SMILES string of the molecule is CCN1CC(c2ccc(C(F)F)cc2)C1. The van der Waals surface area contributed by atoms with Crippen molar-refractivity contribution in [3.05, 3.63) is 35.4 Å². The van der Waals surface area contributed by atoms with Gasteiger partial charge in [0.25, 0.3) is 6.43 Å². The molecule has 1 nitrogen and oxygen atoms in total. The van der Waals surface area contributed by atoms with E-state index in [4.69, 9.17) is 0 Å². The minimum Gasteiger partial charge on any atom is -0.302 e. The van der Waals surface area contributed by atoms with Crippen LogP contribution in [0.2, 0.25) is 0 Å². The van der Waals surface area contributed by atoms with Gasteiger partial charge in [-0.05, 0) is 12.1 Å². The van der Waals surface area contributed by atoms with Crippen LogP contribution in [0.1, 0.15) is 30.4 Å². The summed E-state index contributed by atoms with van der Waals surface area (Å²) >= 11 is 0. The summed E-state index contributed by atoms with van der Waals surface area (Å²) in [5.74, 6) is 0.539. The van der Waals surface area contributed by atoms with Crippen molar-refractivity contribution in [1.82, 2.24) is 4.90 Å². The number of hydrogen-bond donors (Lipinski definition) is 0. The average Bonchev–Trinajstić information content (AvgIpc) is 2.17. The summed E-state index contributed by atoms with van der Waals surface area (Å²) in [5.41, 5.74) is 1.30. The fraction of sp³-hybridized carbons (Fsp3) is 0.500. The maximum atomic E-state index is 12.3. The summed E-state index contributed by atoms with van der Waals surface area (Å²) in [5, 5.41) is 0. The predicted molar refractivity (Wildman–Crippen MR) is 56.3 cm³/mol. The fourth-order valence-corrected chi connectivity index (χ4v) is 1.95. The van der Waals surface area contributed by atoms with Crippen LogP contribution in [-0.4, -0.2) is 24.5 Å². The van der Waals surface area contributed by atoms with E-state index in [2.05, 4.69) is 11.8 Å². The molecular weight excluding hydrogens is 196 g/mol. The predicted octanol–water partition coefficient (Wildman–Crippen LogP) is 3.04. The molecular formula is C12H15F2N. The number of nitrogens with zero attached hydrogens (tertiary/aromatic N) is 1. The van der Waals surface area contributed by atoms with E-state index >= 15 is 0 Å². The van der Waals surface area contributed by atoms with Gasteiger partial charge in [0.1, 0.15) is 0 Å². The number of alkyl halides is 2. The summed E-state index contributed by atoms with van der Waals surface area (Å²) in [6.07, 6.45) is -2.35. The van der Waals surface area contributed by atoms with Gasteiger partial charge in [-0.25, -0.2) is 8.78 Å². The lowest BCUT2D eigenvalue weighted by molar-refractivity contribution is 0.150. The van der Waals surface area contributed by atoms with Gasteiger partial charge in [-0.1, -0.05) is 31.2 Å². The second-order valence-corrected chi connectivity index (χ2v) is 4.02. The maximum absolute atomic E-state index is 12.3. The molecule has 0 saturated carbocycles. The Bertz CT molecular complexity index is 315. The molecule has 0 atom stereocenters. The summed E-state index contributed by atoms with van der Waals surface area (Å²) in [6, 6.07) is 6.74. The number of likely N-dealkylation sites (tertiary alicyclic amines) is 1. The summed E-state index contributed by atoms with van der Waals surface area (Å²) in [7, 11) is 0. The molecule has 0 aliphatic carbocycles. The standard InChI is InChI=1S/C12H15F2N/c1-2-15-7-11(8-15)9-3-5-10(6-4-9)12(13)14/h3-6,11-12H,2,7-8H2,1H3. The summed E-state index contributed by atoms with van der Waals surface area (Å²) in [6.45, 7) is 5.33. The average molecular weight is 211 g/mol. The van der Waals surface area contributed by atoms with Crippen LogP contribution in [0.5, 0.6) is 0 Å². The van der Waals surface area contributed by atoms with Gasteiger partial charge in [0.2, 0.25) is 0 Å². The first kappa shape index (κ1) is 10.6. The van der Waals surface area contributed by atoms with Crippen molar-refractivity contribution < 1.29 is 8.78 Å². The largest absolute Gasteiger partial charge is 0.302 e. The monoisotopic (exact) mass is 211 g/mol. The molecule has 0 unspecified atom stereocenters. The van der Waals surface area contributed by atoms with E-state index in [9.17, 15) is 8.78 Å². The molecule has 15 heavy (non-hydrogen) atoms. The van der Waals surface area contributed by atoms with Crippen molar-refractivity contribution in [2.75, 3.05) is 19.6 Å². The lowest BCUT2D eigenvalue weighted by Gasteiger charge is -2.38. The van der Waals surface area contributed by atoms with Crippen LogP contribution in [0.25, 0.3) is 0 Å². The van der Waals surface area contributed by atoms with Crippen LogP contribution < -0.4 is 0 Å². The zero-order chi connectivity index (χ0) is 10.8. The van der Waals surface area contributed by atoms with E-state index in [1.807, 2.05) is 12.1 Å². The Kier molecular flexibility index (Phi) is 3.00. The first-order chi connectivity index (χ1) is 7.20. The number of likely N-dealkylation sites (N-methyl/N-ethyl adjacent to an activating group) is 1. The van der Waals surface area contributed by atoms with Gasteiger partial charge >= 0.3 is 0 Å². The second-order valence-electron chi connectivity index (χ2n) is 4.02. The van der Waals surface area contributed by atoms with E-state index in [1.54, 1.807) is 0 Å². The van der Waals surface area contributed by atoms with Crippen LogP contribution in [0.15, 0.2) is 24.3 Å². The molecule has 0 bridgehead atoms. The highest BCUT2D eigenvalue weighted by molar-refractivity contribution is 5.28. The van der Waals surface area contributed by atoms with Crippen molar-refractivity contribution >= 4 is 0 Å². The van der Waals surface area contributed by atoms with Gasteiger partial charge in [-0.15, -0.1) is 0 Å². The Labute approximate surface area is 88.7 Å². The highest BCUT2D eigenvalue weighted by Gasteiger charge is 2.26. The lowest BCUT2D eigenvalue weighted by atomic mass is 9.91. The molecule has 0 amide bonds. The van der Waals surface area contributed by atoms with Gasteiger partial charge in [0, 0.05) is 24.6 Å². The molecule has 3 heteroatoms. The number of rotatable bonds is 3. The summed E-state index contributed by atoms with van der Waals surface area (Å²) in [4.78, 5) is 2.34. The molecule has 0 radical (unpaired) electrons. The molecule has 0 aromatic heterocycles. The molecule has 1 fully saturated rings. The number of benzene rings is 1. The van der Waals surface area contributed by atoms with Crippen LogP contribution in [0.3, 0.4) is 0 Å². The zero-order valence-electron chi connectivity index (χ0n) is 8.79. The lowest BCUT2D eigenvalue weighted by Crippen LogP contribution is -2.44. The molecule has 1 aliphatic heterocycles. The highest BCUT2D eigenvalue weighted by atomic mass is 19.3. The minimum atomic E-state index is -2.35. The van der Waals surface area contributed by atoms with Gasteiger partial charge in [-0.3, -0.25) is 0 Å².